The van der Waals surface area contributed by atoms with Crippen LogP contribution in [0.5, 0.6) is 0 Å². The highest BCUT2D eigenvalue weighted by Crippen LogP contribution is 2.40. The van der Waals surface area contributed by atoms with Gasteiger partial charge in [-0.05, 0) is 25.0 Å². The standard InChI is InChI=1S/C19H20N8/c1-10(14-6-12-4-5-21-16(12)9-22-14)13-8-23-19(20)25-18(13)24-17-7-15(26-27-17)11-2-3-11/h4-11,21H,2-3H2,1H3,(H4,20,23,24,25,26,27). The summed E-state index contributed by atoms with van der Waals surface area (Å²) in [5.74, 6) is 2.21. The van der Waals surface area contributed by atoms with Gasteiger partial charge in [-0.25, -0.2) is 4.98 Å². The van der Waals surface area contributed by atoms with Gasteiger partial charge in [-0.2, -0.15) is 10.1 Å². The first kappa shape index (κ1) is 15.8. The van der Waals surface area contributed by atoms with Gasteiger partial charge in [0.2, 0.25) is 5.95 Å². The molecule has 1 atom stereocenters. The third kappa shape index (κ3) is 2.99. The van der Waals surface area contributed by atoms with Crippen LogP contribution >= 0.6 is 0 Å². The van der Waals surface area contributed by atoms with Crippen molar-refractivity contribution in [3.8, 4) is 0 Å². The van der Waals surface area contributed by atoms with E-state index < -0.39 is 0 Å². The summed E-state index contributed by atoms with van der Waals surface area (Å²) < 4.78 is 0. The third-order valence-corrected chi connectivity index (χ3v) is 5.07. The van der Waals surface area contributed by atoms with Gasteiger partial charge in [0.25, 0.3) is 0 Å². The average molecular weight is 360 g/mol. The summed E-state index contributed by atoms with van der Waals surface area (Å²) in [6.07, 6.45) is 7.96. The van der Waals surface area contributed by atoms with Gasteiger partial charge in [0.05, 0.1) is 11.7 Å². The Morgan fingerprint density at radius 3 is 2.96 bits per heavy atom. The lowest BCUT2D eigenvalue weighted by Crippen LogP contribution is -2.08. The monoisotopic (exact) mass is 360 g/mol. The number of nitrogen functional groups attached to an aromatic ring is 1. The number of nitrogens with one attached hydrogen (secondary N) is 3. The summed E-state index contributed by atoms with van der Waals surface area (Å²) in [7, 11) is 0. The molecule has 27 heavy (non-hydrogen) atoms. The molecule has 4 aromatic heterocycles. The molecule has 0 saturated heterocycles. The van der Waals surface area contributed by atoms with Crippen LogP contribution in [0.3, 0.4) is 0 Å². The molecule has 1 unspecified atom stereocenters. The number of rotatable bonds is 5. The molecule has 8 nitrogen and oxygen atoms in total. The fourth-order valence-corrected chi connectivity index (χ4v) is 3.31. The van der Waals surface area contributed by atoms with Crippen LogP contribution in [0.15, 0.2) is 36.8 Å². The maximum absolute atomic E-state index is 5.83. The highest BCUT2D eigenvalue weighted by atomic mass is 15.2. The van der Waals surface area contributed by atoms with Crippen LogP contribution in [-0.2, 0) is 0 Å². The largest absolute Gasteiger partial charge is 0.368 e. The molecule has 0 aromatic carbocycles. The van der Waals surface area contributed by atoms with Crippen molar-refractivity contribution >= 4 is 28.5 Å². The van der Waals surface area contributed by atoms with Gasteiger partial charge in [-0.15, -0.1) is 0 Å². The summed E-state index contributed by atoms with van der Waals surface area (Å²) >= 11 is 0. The van der Waals surface area contributed by atoms with Crippen molar-refractivity contribution in [1.82, 2.24) is 30.1 Å². The molecular formula is C19H20N8. The molecule has 0 radical (unpaired) electrons. The number of nitrogens with two attached hydrogens (primary N) is 1. The van der Waals surface area contributed by atoms with E-state index in [0.717, 1.165) is 33.7 Å². The molecule has 4 heterocycles. The fourth-order valence-electron chi connectivity index (χ4n) is 3.31. The van der Waals surface area contributed by atoms with Crippen molar-refractivity contribution in [1.29, 1.82) is 0 Å². The summed E-state index contributed by atoms with van der Waals surface area (Å²) in [5.41, 5.74) is 9.87. The summed E-state index contributed by atoms with van der Waals surface area (Å²) in [4.78, 5) is 16.4. The Bertz CT molecular complexity index is 1110. The van der Waals surface area contributed by atoms with Crippen LogP contribution in [0.25, 0.3) is 10.9 Å². The zero-order valence-electron chi connectivity index (χ0n) is 14.9. The maximum Gasteiger partial charge on any atom is 0.221 e. The molecule has 5 N–H and O–H groups in total. The number of aromatic amines is 2. The van der Waals surface area contributed by atoms with E-state index in [4.69, 9.17) is 5.73 Å². The van der Waals surface area contributed by atoms with Crippen molar-refractivity contribution in [3.05, 3.63) is 53.7 Å². The zero-order valence-corrected chi connectivity index (χ0v) is 14.9. The number of aromatic nitrogens is 6. The number of pyridine rings is 1. The number of H-pyrrole nitrogens is 2. The molecular weight excluding hydrogens is 340 g/mol. The second kappa shape index (κ2) is 6.08. The van der Waals surface area contributed by atoms with Crippen molar-refractivity contribution in [2.75, 3.05) is 11.1 Å². The van der Waals surface area contributed by atoms with Gasteiger partial charge in [-0.1, -0.05) is 6.92 Å². The van der Waals surface area contributed by atoms with Gasteiger partial charge in [0, 0.05) is 52.6 Å². The maximum atomic E-state index is 5.83. The highest BCUT2D eigenvalue weighted by molar-refractivity contribution is 5.79. The molecule has 5 rings (SSSR count). The topological polar surface area (TPSA) is 121 Å². The van der Waals surface area contributed by atoms with E-state index in [9.17, 15) is 0 Å². The summed E-state index contributed by atoms with van der Waals surface area (Å²) in [6.45, 7) is 2.08. The van der Waals surface area contributed by atoms with E-state index in [-0.39, 0.29) is 11.9 Å². The number of fused-ring (bicyclic) bond motifs is 1. The first-order valence-corrected chi connectivity index (χ1v) is 9.05. The molecule has 0 aliphatic heterocycles. The van der Waals surface area contributed by atoms with Gasteiger partial charge in [0.1, 0.15) is 5.82 Å². The van der Waals surface area contributed by atoms with Crippen LogP contribution in [0.1, 0.15) is 48.6 Å². The molecule has 1 fully saturated rings. The number of hydrogen-bond donors (Lipinski definition) is 4. The van der Waals surface area contributed by atoms with Crippen LogP contribution in [0, 0.1) is 0 Å². The zero-order chi connectivity index (χ0) is 18.4. The minimum atomic E-state index is -0.00533. The Kier molecular flexibility index (Phi) is 3.56. The predicted molar refractivity (Wildman–Crippen MR) is 104 cm³/mol. The molecule has 136 valence electrons. The molecule has 1 aliphatic rings. The Hall–Kier alpha value is -3.42. The van der Waals surface area contributed by atoms with E-state index in [2.05, 4.69) is 48.4 Å². The van der Waals surface area contributed by atoms with E-state index in [1.807, 2.05) is 24.5 Å². The van der Waals surface area contributed by atoms with Crippen LogP contribution < -0.4 is 11.1 Å². The molecule has 8 heteroatoms. The summed E-state index contributed by atoms with van der Waals surface area (Å²) in [5, 5.41) is 11.9. The number of anilines is 3. The second-order valence-electron chi connectivity index (χ2n) is 7.04. The minimum absolute atomic E-state index is 0.00533. The van der Waals surface area contributed by atoms with E-state index in [0.29, 0.717) is 11.7 Å². The van der Waals surface area contributed by atoms with Crippen LogP contribution in [0.2, 0.25) is 0 Å². The Balaban J connectivity index is 1.48. The lowest BCUT2D eigenvalue weighted by atomic mass is 9.98. The molecule has 0 spiro atoms. The molecule has 0 amide bonds. The Morgan fingerprint density at radius 1 is 1.22 bits per heavy atom. The Labute approximate surface area is 155 Å². The Morgan fingerprint density at radius 2 is 2.11 bits per heavy atom. The number of hydrogen-bond acceptors (Lipinski definition) is 6. The molecule has 1 saturated carbocycles. The SMILES string of the molecule is CC(c1cc2cc[nH]c2cn1)c1cnc(N)nc1Nc1cc(C2CC2)[nH]n1. The van der Waals surface area contributed by atoms with Crippen LogP contribution in [-0.4, -0.2) is 30.1 Å². The molecule has 0 bridgehead atoms. The first-order valence-electron chi connectivity index (χ1n) is 9.05. The van der Waals surface area contributed by atoms with Gasteiger partial charge in [0.15, 0.2) is 5.82 Å². The first-order chi connectivity index (χ1) is 13.2. The van der Waals surface area contributed by atoms with E-state index in [1.165, 1.54) is 12.8 Å². The highest BCUT2D eigenvalue weighted by Gasteiger charge is 2.26. The molecule has 4 aromatic rings. The lowest BCUT2D eigenvalue weighted by Gasteiger charge is -2.15. The minimum Gasteiger partial charge on any atom is -0.368 e. The van der Waals surface area contributed by atoms with Gasteiger partial charge < -0.3 is 16.0 Å². The van der Waals surface area contributed by atoms with Crippen molar-refractivity contribution < 1.29 is 0 Å². The average Bonchev–Trinajstić information content (AvgIpc) is 3.23. The smallest absolute Gasteiger partial charge is 0.221 e. The van der Waals surface area contributed by atoms with E-state index >= 15 is 0 Å². The second-order valence-corrected chi connectivity index (χ2v) is 7.04. The van der Waals surface area contributed by atoms with Crippen LogP contribution in [0.4, 0.5) is 17.6 Å². The van der Waals surface area contributed by atoms with Crippen molar-refractivity contribution in [2.24, 2.45) is 0 Å². The van der Waals surface area contributed by atoms with Gasteiger partial charge in [-0.3, -0.25) is 10.1 Å². The molecule has 1 aliphatic carbocycles. The third-order valence-electron chi connectivity index (χ3n) is 5.07. The normalized spacial score (nSPS) is 15.1. The van der Waals surface area contributed by atoms with Gasteiger partial charge >= 0.3 is 0 Å². The predicted octanol–water partition coefficient (Wildman–Crippen LogP) is 3.43. The van der Waals surface area contributed by atoms with Crippen molar-refractivity contribution in [2.45, 2.75) is 31.6 Å². The number of nitrogens with zero attached hydrogens (tertiary/aromatic N) is 4. The summed E-state index contributed by atoms with van der Waals surface area (Å²) in [6, 6.07) is 6.15. The quantitative estimate of drug-likeness (QED) is 0.433. The lowest BCUT2D eigenvalue weighted by molar-refractivity contribution is 0.860. The van der Waals surface area contributed by atoms with E-state index in [1.54, 1.807) is 6.20 Å². The van der Waals surface area contributed by atoms with Crippen molar-refractivity contribution in [3.63, 3.8) is 0 Å². The fraction of sp³-hybridized carbons (Fsp3) is 0.263.